The topological polar surface area (TPSA) is 122 Å². The summed E-state index contributed by atoms with van der Waals surface area (Å²) in [5.74, 6) is -0.0897. The molecule has 0 aliphatic carbocycles. The van der Waals surface area contributed by atoms with Gasteiger partial charge in [0.05, 0.1) is 4.92 Å². The number of hydrogen-bond donors (Lipinski definition) is 3. The molecule has 15 heavy (non-hydrogen) atoms. The van der Waals surface area contributed by atoms with Crippen LogP contribution in [0, 0.1) is 10.1 Å². The van der Waals surface area contributed by atoms with Gasteiger partial charge < -0.3 is 11.5 Å². The molecule has 1 aromatic rings. The molecule has 7 heteroatoms. The van der Waals surface area contributed by atoms with Crippen LogP contribution in [0.25, 0.3) is 0 Å². The summed E-state index contributed by atoms with van der Waals surface area (Å²) in [6.45, 7) is 0. The lowest BCUT2D eigenvalue weighted by Crippen LogP contribution is -2.63. The molecule has 0 aliphatic heterocycles. The molecular weight excluding hydrogens is 198 g/mol. The molecule has 78 valence electrons. The molecule has 0 saturated carbocycles. The summed E-state index contributed by atoms with van der Waals surface area (Å²) in [6.07, 6.45) is 1.52. The molecule has 0 atom stereocenters. The monoisotopic (exact) mass is 208 g/mol. The van der Waals surface area contributed by atoms with E-state index in [9.17, 15) is 10.1 Å². The Morgan fingerprint density at radius 3 is 2.47 bits per heavy atom. The molecule has 0 spiro atoms. The Bertz CT molecular complexity index is 406. The van der Waals surface area contributed by atoms with Gasteiger partial charge in [0.25, 0.3) is 11.6 Å². The Morgan fingerprint density at radius 2 is 2.00 bits per heavy atom. The smallest absolute Gasteiger partial charge is 0.269 e. The maximum atomic E-state index is 10.3. The van der Waals surface area contributed by atoms with E-state index in [1.807, 2.05) is 0 Å². The predicted octanol–water partition coefficient (Wildman–Crippen LogP) is -1.72. The van der Waals surface area contributed by atoms with E-state index in [1.165, 1.54) is 18.3 Å². The van der Waals surface area contributed by atoms with E-state index in [0.29, 0.717) is 0 Å². The Labute approximate surface area is 85.3 Å². The number of non-ortho nitro benzene ring substituents is 1. The van der Waals surface area contributed by atoms with Gasteiger partial charge in [0.15, 0.2) is 0 Å². The number of nitrogens with two attached hydrogens (primary N) is 2. The SMILES string of the molecule is NC(N)=N/[NH+]=C/c1ccc([N+](=O)[O-])cc1. The second kappa shape index (κ2) is 4.70. The molecule has 0 fully saturated rings. The molecule has 7 nitrogen and oxygen atoms in total. The number of hydrazone groups is 1. The molecule has 0 heterocycles. The van der Waals surface area contributed by atoms with Crippen molar-refractivity contribution in [2.45, 2.75) is 0 Å². The van der Waals surface area contributed by atoms with Crippen LogP contribution < -0.4 is 16.6 Å². The third kappa shape index (κ3) is 3.43. The van der Waals surface area contributed by atoms with Crippen LogP contribution in [-0.4, -0.2) is 17.1 Å². The van der Waals surface area contributed by atoms with E-state index in [-0.39, 0.29) is 11.6 Å². The van der Waals surface area contributed by atoms with Crippen molar-refractivity contribution in [1.82, 2.24) is 0 Å². The molecule has 0 radical (unpaired) electrons. The number of guanidine groups is 1. The van der Waals surface area contributed by atoms with Crippen LogP contribution in [0.4, 0.5) is 5.69 Å². The van der Waals surface area contributed by atoms with Gasteiger partial charge in [-0.15, -0.1) is 5.10 Å². The summed E-state index contributed by atoms with van der Waals surface area (Å²) < 4.78 is 0. The van der Waals surface area contributed by atoms with Crippen molar-refractivity contribution in [2.75, 3.05) is 0 Å². The minimum absolute atomic E-state index is 0.0361. The van der Waals surface area contributed by atoms with Gasteiger partial charge in [0, 0.05) is 22.8 Å². The van der Waals surface area contributed by atoms with Crippen LogP contribution in [0.15, 0.2) is 29.4 Å². The van der Waals surface area contributed by atoms with Gasteiger partial charge in [-0.25, -0.2) is 0 Å². The van der Waals surface area contributed by atoms with Crippen molar-refractivity contribution >= 4 is 17.9 Å². The lowest BCUT2D eigenvalue weighted by Gasteiger charge is -1.89. The molecular formula is C8H10N5O2+. The van der Waals surface area contributed by atoms with Crippen molar-refractivity contribution in [1.29, 1.82) is 0 Å². The number of hydrogen-bond acceptors (Lipinski definition) is 3. The maximum absolute atomic E-state index is 10.3. The zero-order valence-corrected chi connectivity index (χ0v) is 7.75. The normalized spacial score (nSPS) is 10.1. The number of nitro groups is 1. The number of nitro benzene ring substituents is 1. The molecule has 0 bridgehead atoms. The van der Waals surface area contributed by atoms with Crippen LogP contribution in [-0.2, 0) is 0 Å². The van der Waals surface area contributed by atoms with E-state index < -0.39 is 4.92 Å². The van der Waals surface area contributed by atoms with Crippen molar-refractivity contribution in [3.63, 3.8) is 0 Å². The van der Waals surface area contributed by atoms with Crippen molar-refractivity contribution < 1.29 is 10.0 Å². The fourth-order valence-corrected chi connectivity index (χ4v) is 0.874. The lowest BCUT2D eigenvalue weighted by molar-refractivity contribution is -0.456. The highest BCUT2D eigenvalue weighted by molar-refractivity contribution is 5.77. The van der Waals surface area contributed by atoms with Crippen LogP contribution in [0.1, 0.15) is 5.56 Å². The predicted molar refractivity (Wildman–Crippen MR) is 55.0 cm³/mol. The van der Waals surface area contributed by atoms with Crippen molar-refractivity contribution in [3.8, 4) is 0 Å². The summed E-state index contributed by atoms with van der Waals surface area (Å²) in [7, 11) is 0. The Balaban J connectivity index is 2.77. The molecule has 5 N–H and O–H groups in total. The average molecular weight is 208 g/mol. The number of nitrogens with zero attached hydrogens (tertiary/aromatic N) is 2. The average Bonchev–Trinajstić information content (AvgIpc) is 2.18. The van der Waals surface area contributed by atoms with Crippen molar-refractivity contribution in [2.24, 2.45) is 16.6 Å². The molecule has 1 rings (SSSR count). The van der Waals surface area contributed by atoms with Crippen LogP contribution in [0.2, 0.25) is 0 Å². The highest BCUT2D eigenvalue weighted by Gasteiger charge is 2.03. The minimum Gasteiger partial charge on any atom is -0.365 e. The fourth-order valence-electron chi connectivity index (χ4n) is 0.874. The summed E-state index contributed by atoms with van der Waals surface area (Å²) >= 11 is 0. The first-order chi connectivity index (χ1) is 7.09. The number of benzene rings is 1. The quantitative estimate of drug-likeness (QED) is 0.237. The standard InChI is InChI=1S/C8H9N5O2/c9-8(10)12-11-5-6-1-3-7(4-2-6)13(14)15/h1-5H,(H4,9,10,12)/p+1/b11-5+. The summed E-state index contributed by atoms with van der Waals surface area (Å²) in [5.41, 5.74) is 10.9. The summed E-state index contributed by atoms with van der Waals surface area (Å²) in [4.78, 5) is 9.88. The summed E-state index contributed by atoms with van der Waals surface area (Å²) in [5, 5.41) is 16.3. The molecule has 1 aromatic carbocycles. The zero-order chi connectivity index (χ0) is 11.3. The minimum atomic E-state index is -0.465. The highest BCUT2D eigenvalue weighted by atomic mass is 16.6. The highest BCUT2D eigenvalue weighted by Crippen LogP contribution is 2.09. The van der Waals surface area contributed by atoms with Gasteiger partial charge in [-0.1, -0.05) is 0 Å². The van der Waals surface area contributed by atoms with Gasteiger partial charge >= 0.3 is 0 Å². The first-order valence-electron chi connectivity index (χ1n) is 4.01. The fraction of sp³-hybridized carbons (Fsp3) is 0. The van der Waals surface area contributed by atoms with Crippen LogP contribution in [0.3, 0.4) is 0 Å². The number of rotatable bonds is 3. The van der Waals surface area contributed by atoms with Crippen molar-refractivity contribution in [3.05, 3.63) is 39.9 Å². The van der Waals surface area contributed by atoms with Gasteiger partial charge in [-0.05, 0) is 12.1 Å². The van der Waals surface area contributed by atoms with Crippen LogP contribution >= 0.6 is 0 Å². The maximum Gasteiger partial charge on any atom is 0.269 e. The first kappa shape index (κ1) is 10.6. The molecule has 0 unspecified atom stereocenters. The molecule has 0 amide bonds. The molecule has 0 aromatic heterocycles. The second-order valence-electron chi connectivity index (χ2n) is 2.66. The van der Waals surface area contributed by atoms with E-state index >= 15 is 0 Å². The van der Waals surface area contributed by atoms with Crippen LogP contribution in [0.5, 0.6) is 0 Å². The zero-order valence-electron chi connectivity index (χ0n) is 7.75. The third-order valence-electron chi connectivity index (χ3n) is 1.53. The first-order valence-corrected chi connectivity index (χ1v) is 4.01. The Hall–Kier alpha value is -2.44. The summed E-state index contributed by atoms with van der Waals surface area (Å²) in [6, 6.07) is 5.94. The van der Waals surface area contributed by atoms with Gasteiger partial charge in [0.2, 0.25) is 6.21 Å². The van der Waals surface area contributed by atoms with Gasteiger partial charge in [-0.2, -0.15) is 0 Å². The largest absolute Gasteiger partial charge is 0.365 e. The Morgan fingerprint density at radius 1 is 1.40 bits per heavy atom. The van der Waals surface area contributed by atoms with E-state index in [0.717, 1.165) is 5.56 Å². The molecule has 0 aliphatic rings. The molecule has 0 saturated heterocycles. The lowest BCUT2D eigenvalue weighted by atomic mass is 10.2. The van der Waals surface area contributed by atoms with Gasteiger partial charge in [0.1, 0.15) is 0 Å². The van der Waals surface area contributed by atoms with Gasteiger partial charge in [-0.3, -0.25) is 10.1 Å². The number of nitrogens with one attached hydrogen (secondary N) is 1. The second-order valence-corrected chi connectivity index (χ2v) is 2.66. The van der Waals surface area contributed by atoms with E-state index in [4.69, 9.17) is 11.5 Å². The third-order valence-corrected chi connectivity index (χ3v) is 1.53. The van der Waals surface area contributed by atoms with E-state index in [1.54, 1.807) is 12.1 Å². The van der Waals surface area contributed by atoms with E-state index in [2.05, 4.69) is 10.2 Å². The Kier molecular flexibility index (Phi) is 3.33.